The number of nitrogens with one attached hydrogen (secondary N) is 1. The summed E-state index contributed by atoms with van der Waals surface area (Å²) in [6, 6.07) is 20.2. The molecule has 0 saturated heterocycles. The van der Waals surface area contributed by atoms with Crippen LogP contribution in [0.2, 0.25) is 0 Å². The van der Waals surface area contributed by atoms with Gasteiger partial charge in [-0.3, -0.25) is 4.79 Å². The molecule has 4 rings (SSSR count). The van der Waals surface area contributed by atoms with Gasteiger partial charge >= 0.3 is 0 Å². The Bertz CT molecular complexity index is 969. The summed E-state index contributed by atoms with van der Waals surface area (Å²) in [5, 5.41) is 3.11. The van der Waals surface area contributed by atoms with E-state index in [9.17, 15) is 4.79 Å². The standard InChI is InChI=1S/C25H28N2O2/c1-25(2,3)20-12-10-19(11-13-20)24(28)26-17-22(23-9-6-16-29-23)27-15-14-18-7-4-5-8-21(18)27/h4-13,16,22H,14-15,17H2,1-3H3,(H,26,28)/t22-/m1/s1. The number of hydrogen-bond acceptors (Lipinski definition) is 3. The number of furan rings is 1. The Labute approximate surface area is 172 Å². The lowest BCUT2D eigenvalue weighted by atomic mass is 9.87. The molecule has 1 aliphatic heterocycles. The van der Waals surface area contributed by atoms with Gasteiger partial charge in [-0.25, -0.2) is 0 Å². The summed E-state index contributed by atoms with van der Waals surface area (Å²) in [5.41, 5.74) is 4.53. The second-order valence-corrected chi connectivity index (χ2v) is 8.64. The second-order valence-electron chi connectivity index (χ2n) is 8.64. The number of fused-ring (bicyclic) bond motifs is 1. The van der Waals surface area contributed by atoms with E-state index in [0.717, 1.165) is 18.7 Å². The molecule has 2 heterocycles. The van der Waals surface area contributed by atoms with E-state index in [-0.39, 0.29) is 17.4 Å². The zero-order chi connectivity index (χ0) is 20.4. The molecule has 0 unspecified atom stereocenters. The highest BCUT2D eigenvalue weighted by atomic mass is 16.3. The smallest absolute Gasteiger partial charge is 0.251 e. The van der Waals surface area contributed by atoms with Gasteiger partial charge in [-0.15, -0.1) is 0 Å². The summed E-state index contributed by atoms with van der Waals surface area (Å²) in [6.45, 7) is 7.92. The lowest BCUT2D eigenvalue weighted by Crippen LogP contribution is -2.37. The Balaban J connectivity index is 1.50. The molecule has 0 aliphatic carbocycles. The maximum atomic E-state index is 12.8. The summed E-state index contributed by atoms with van der Waals surface area (Å²) in [6.07, 6.45) is 2.70. The Hall–Kier alpha value is -3.01. The van der Waals surface area contributed by atoms with Crippen LogP contribution in [-0.2, 0) is 11.8 Å². The Morgan fingerprint density at radius 1 is 1.07 bits per heavy atom. The molecule has 1 aromatic heterocycles. The zero-order valence-corrected chi connectivity index (χ0v) is 17.3. The number of hydrogen-bond donors (Lipinski definition) is 1. The molecule has 2 aromatic carbocycles. The quantitative estimate of drug-likeness (QED) is 0.660. The maximum absolute atomic E-state index is 12.8. The van der Waals surface area contributed by atoms with E-state index >= 15 is 0 Å². The van der Waals surface area contributed by atoms with Crippen molar-refractivity contribution in [2.45, 2.75) is 38.6 Å². The van der Waals surface area contributed by atoms with Gasteiger partial charge < -0.3 is 14.6 Å². The van der Waals surface area contributed by atoms with Crippen LogP contribution in [0.3, 0.4) is 0 Å². The van der Waals surface area contributed by atoms with Crippen LogP contribution in [0.5, 0.6) is 0 Å². The molecule has 1 amide bonds. The zero-order valence-electron chi connectivity index (χ0n) is 17.3. The van der Waals surface area contributed by atoms with Gasteiger partial charge in [0.15, 0.2) is 0 Å². The minimum atomic E-state index is -0.0607. The molecule has 1 aliphatic rings. The molecule has 4 heteroatoms. The van der Waals surface area contributed by atoms with Crippen LogP contribution in [0.25, 0.3) is 0 Å². The molecule has 1 atom stereocenters. The van der Waals surface area contributed by atoms with E-state index < -0.39 is 0 Å². The first kappa shape index (κ1) is 19.3. The highest BCUT2D eigenvalue weighted by molar-refractivity contribution is 5.94. The summed E-state index contributed by atoms with van der Waals surface area (Å²) >= 11 is 0. The van der Waals surface area contributed by atoms with Gasteiger partial charge in [0, 0.05) is 24.3 Å². The van der Waals surface area contributed by atoms with Crippen LogP contribution in [0, 0.1) is 0 Å². The van der Waals surface area contributed by atoms with Gasteiger partial charge in [0.1, 0.15) is 11.8 Å². The minimum absolute atomic E-state index is 0.0357. The summed E-state index contributed by atoms with van der Waals surface area (Å²) in [4.78, 5) is 15.1. The van der Waals surface area contributed by atoms with Gasteiger partial charge in [0.05, 0.1) is 6.26 Å². The number of benzene rings is 2. The van der Waals surface area contributed by atoms with Crippen molar-refractivity contribution in [1.82, 2.24) is 5.32 Å². The van der Waals surface area contributed by atoms with Crippen molar-refractivity contribution in [2.24, 2.45) is 0 Å². The van der Waals surface area contributed by atoms with Crippen molar-refractivity contribution < 1.29 is 9.21 Å². The molecule has 0 spiro atoms. The third-order valence-corrected chi connectivity index (χ3v) is 5.64. The van der Waals surface area contributed by atoms with Gasteiger partial charge in [0.2, 0.25) is 0 Å². The maximum Gasteiger partial charge on any atom is 0.251 e. The van der Waals surface area contributed by atoms with E-state index in [2.05, 4.69) is 55.3 Å². The topological polar surface area (TPSA) is 45.5 Å². The number of anilines is 1. The molecule has 0 saturated carbocycles. The van der Waals surface area contributed by atoms with E-state index in [1.165, 1.54) is 16.8 Å². The SMILES string of the molecule is CC(C)(C)c1ccc(C(=O)NC[C@H](c2ccco2)N2CCc3ccccc32)cc1. The monoisotopic (exact) mass is 388 g/mol. The van der Waals surface area contributed by atoms with Crippen molar-refractivity contribution in [3.05, 3.63) is 89.4 Å². The van der Waals surface area contributed by atoms with Crippen LogP contribution in [0.1, 0.15) is 54.1 Å². The largest absolute Gasteiger partial charge is 0.467 e. The van der Waals surface area contributed by atoms with Crippen molar-refractivity contribution in [2.75, 3.05) is 18.0 Å². The lowest BCUT2D eigenvalue weighted by molar-refractivity contribution is 0.0950. The fraction of sp³-hybridized carbons (Fsp3) is 0.320. The molecule has 0 fully saturated rings. The van der Waals surface area contributed by atoms with Crippen molar-refractivity contribution in [1.29, 1.82) is 0 Å². The third kappa shape index (κ3) is 4.07. The summed E-state index contributed by atoms with van der Waals surface area (Å²) in [7, 11) is 0. The normalized spacial score (nSPS) is 14.5. The van der Waals surface area contributed by atoms with Crippen LogP contribution >= 0.6 is 0 Å². The molecule has 0 bridgehead atoms. The van der Waals surface area contributed by atoms with E-state index in [0.29, 0.717) is 12.1 Å². The first-order chi connectivity index (χ1) is 13.9. The van der Waals surface area contributed by atoms with Crippen LogP contribution in [0.15, 0.2) is 71.3 Å². The molecule has 0 radical (unpaired) electrons. The van der Waals surface area contributed by atoms with E-state index in [4.69, 9.17) is 4.42 Å². The van der Waals surface area contributed by atoms with E-state index in [1.807, 2.05) is 36.4 Å². The van der Waals surface area contributed by atoms with Gasteiger partial charge in [-0.2, -0.15) is 0 Å². The average molecular weight is 389 g/mol. The Kier molecular flexibility index (Phi) is 5.18. The number of amides is 1. The number of para-hydroxylation sites is 1. The van der Waals surface area contributed by atoms with Gasteiger partial charge in [-0.05, 0) is 53.3 Å². The van der Waals surface area contributed by atoms with Gasteiger partial charge in [-0.1, -0.05) is 51.1 Å². The van der Waals surface area contributed by atoms with Crippen LogP contribution < -0.4 is 10.2 Å². The van der Waals surface area contributed by atoms with Crippen molar-refractivity contribution in [3.63, 3.8) is 0 Å². The second kappa shape index (κ2) is 7.78. The Morgan fingerprint density at radius 2 is 1.83 bits per heavy atom. The Morgan fingerprint density at radius 3 is 2.52 bits per heavy atom. The number of rotatable bonds is 5. The summed E-state index contributed by atoms with van der Waals surface area (Å²) < 4.78 is 5.72. The number of carbonyl (C=O) groups excluding carboxylic acids is 1. The molecular weight excluding hydrogens is 360 g/mol. The highest BCUT2D eigenvalue weighted by Gasteiger charge is 2.29. The average Bonchev–Trinajstić information content (AvgIpc) is 3.38. The lowest BCUT2D eigenvalue weighted by Gasteiger charge is -2.29. The number of carbonyl (C=O) groups is 1. The van der Waals surface area contributed by atoms with Gasteiger partial charge in [0.25, 0.3) is 5.91 Å². The number of nitrogens with zero attached hydrogens (tertiary/aromatic N) is 1. The van der Waals surface area contributed by atoms with E-state index in [1.54, 1.807) is 6.26 Å². The first-order valence-electron chi connectivity index (χ1n) is 10.2. The fourth-order valence-electron chi connectivity index (χ4n) is 3.95. The first-order valence-corrected chi connectivity index (χ1v) is 10.2. The molecule has 1 N–H and O–H groups in total. The van der Waals surface area contributed by atoms with Crippen LogP contribution in [-0.4, -0.2) is 19.0 Å². The third-order valence-electron chi connectivity index (χ3n) is 5.64. The van der Waals surface area contributed by atoms with Crippen molar-refractivity contribution in [3.8, 4) is 0 Å². The summed E-state index contributed by atoms with van der Waals surface area (Å²) in [5.74, 6) is 0.805. The van der Waals surface area contributed by atoms with Crippen molar-refractivity contribution >= 4 is 11.6 Å². The predicted molar refractivity (Wildman–Crippen MR) is 116 cm³/mol. The molecule has 29 heavy (non-hydrogen) atoms. The fourth-order valence-corrected chi connectivity index (χ4v) is 3.95. The highest BCUT2D eigenvalue weighted by Crippen LogP contribution is 2.35. The molecule has 3 aromatic rings. The van der Waals surface area contributed by atoms with Crippen LogP contribution in [0.4, 0.5) is 5.69 Å². The molecule has 4 nitrogen and oxygen atoms in total. The molecular formula is C25H28N2O2. The molecule has 150 valence electrons. The minimum Gasteiger partial charge on any atom is -0.467 e. The predicted octanol–water partition coefficient (Wildman–Crippen LogP) is 5.11.